The molecule has 0 bridgehead atoms. The topological polar surface area (TPSA) is 23.5 Å². The maximum atomic E-state index is 9.08. The van der Waals surface area contributed by atoms with Crippen molar-refractivity contribution in [2.75, 3.05) is 20.1 Å². The number of halogens is 2. The number of aliphatic hydroxyl groups excluding tert-OH is 1. The lowest BCUT2D eigenvalue weighted by Gasteiger charge is -2.34. The Balaban J connectivity index is 2.14. The lowest BCUT2D eigenvalue weighted by molar-refractivity contribution is 0.0297. The van der Waals surface area contributed by atoms with Gasteiger partial charge in [-0.15, -0.1) is 0 Å². The first-order chi connectivity index (χ1) is 6.11. The Labute approximate surface area is 89.1 Å². The summed E-state index contributed by atoms with van der Waals surface area (Å²) in [6.07, 6.45) is 1.77. The quantitative estimate of drug-likeness (QED) is 0.789. The largest absolute Gasteiger partial charge is 0.393 e. The van der Waals surface area contributed by atoms with Crippen LogP contribution in [0.4, 0.5) is 0 Å². The van der Waals surface area contributed by atoms with Crippen LogP contribution in [0.3, 0.4) is 0 Å². The molecule has 1 N–H and O–H groups in total. The maximum Gasteiger partial charge on any atom is 0.0546 e. The number of rotatable bonds is 4. The van der Waals surface area contributed by atoms with Gasteiger partial charge in [0.2, 0.25) is 0 Å². The van der Waals surface area contributed by atoms with Gasteiger partial charge in [-0.25, -0.2) is 0 Å². The molecule has 13 heavy (non-hydrogen) atoms. The second kappa shape index (κ2) is 5.20. The summed E-state index contributed by atoms with van der Waals surface area (Å²) in [7, 11) is 2.01. The van der Waals surface area contributed by atoms with Crippen molar-refractivity contribution >= 4 is 23.2 Å². The van der Waals surface area contributed by atoms with E-state index in [1.165, 1.54) is 5.54 Å². The molecule has 0 unspecified atom stereocenters. The van der Waals surface area contributed by atoms with Gasteiger partial charge in [0.05, 0.1) is 6.10 Å². The van der Waals surface area contributed by atoms with Crippen LogP contribution in [0.25, 0.3) is 0 Å². The summed E-state index contributed by atoms with van der Waals surface area (Å²) >= 11 is 11.2. The standard InChI is InChI=1S/C9H15Cl2NO/c1-12(6-8(11)4-10)5-7-2-9(13)3-7/h4,7,9,13H,2-3,5-6H2,1H3. The predicted molar refractivity (Wildman–Crippen MR) is 56.0 cm³/mol. The fraction of sp³-hybridized carbons (Fsp3) is 0.778. The van der Waals surface area contributed by atoms with Gasteiger partial charge >= 0.3 is 0 Å². The highest BCUT2D eigenvalue weighted by Crippen LogP contribution is 2.27. The van der Waals surface area contributed by atoms with Crippen LogP contribution < -0.4 is 0 Å². The third-order valence-corrected chi connectivity index (χ3v) is 2.92. The van der Waals surface area contributed by atoms with E-state index in [1.807, 2.05) is 7.05 Å². The Hall–Kier alpha value is 0.240. The summed E-state index contributed by atoms with van der Waals surface area (Å²) in [5.41, 5.74) is 1.40. The van der Waals surface area contributed by atoms with E-state index < -0.39 is 0 Å². The van der Waals surface area contributed by atoms with Crippen molar-refractivity contribution < 1.29 is 5.11 Å². The van der Waals surface area contributed by atoms with E-state index in [2.05, 4.69) is 4.90 Å². The molecule has 0 aromatic carbocycles. The van der Waals surface area contributed by atoms with Crippen LogP contribution in [0, 0.1) is 5.92 Å². The number of likely N-dealkylation sites (N-methyl/N-ethyl adjacent to an activating group) is 1. The van der Waals surface area contributed by atoms with Gasteiger partial charge in [-0.3, -0.25) is 0 Å². The van der Waals surface area contributed by atoms with Gasteiger partial charge < -0.3 is 10.0 Å². The fourth-order valence-corrected chi connectivity index (χ4v) is 1.92. The number of hydrogen-bond donors (Lipinski definition) is 1. The number of aliphatic hydroxyl groups is 1. The lowest BCUT2D eigenvalue weighted by Crippen LogP contribution is -2.37. The monoisotopic (exact) mass is 223 g/mol. The third-order valence-electron chi connectivity index (χ3n) is 2.32. The highest BCUT2D eigenvalue weighted by atomic mass is 35.5. The predicted octanol–water partition coefficient (Wildman–Crippen LogP) is 2.01. The van der Waals surface area contributed by atoms with E-state index in [0.717, 1.165) is 19.4 Å². The summed E-state index contributed by atoms with van der Waals surface area (Å²) in [5.74, 6) is 0.625. The highest BCUT2D eigenvalue weighted by Gasteiger charge is 2.27. The first kappa shape index (κ1) is 11.3. The number of nitrogens with zero attached hydrogens (tertiary/aromatic N) is 1. The van der Waals surface area contributed by atoms with Gasteiger partial charge in [0, 0.05) is 23.7 Å². The minimum Gasteiger partial charge on any atom is -0.393 e. The van der Waals surface area contributed by atoms with E-state index in [-0.39, 0.29) is 6.10 Å². The molecule has 1 fully saturated rings. The van der Waals surface area contributed by atoms with Crippen LogP contribution in [0.15, 0.2) is 10.6 Å². The van der Waals surface area contributed by atoms with Crippen molar-refractivity contribution in [1.29, 1.82) is 0 Å². The Morgan fingerprint density at radius 3 is 2.69 bits per heavy atom. The molecule has 0 radical (unpaired) electrons. The van der Waals surface area contributed by atoms with E-state index >= 15 is 0 Å². The van der Waals surface area contributed by atoms with Crippen molar-refractivity contribution in [1.82, 2.24) is 4.90 Å². The van der Waals surface area contributed by atoms with Crippen LogP contribution in [0.2, 0.25) is 0 Å². The zero-order valence-electron chi connectivity index (χ0n) is 7.71. The molecule has 1 rings (SSSR count). The lowest BCUT2D eigenvalue weighted by atomic mass is 9.82. The van der Waals surface area contributed by atoms with E-state index in [0.29, 0.717) is 17.5 Å². The Kier molecular flexibility index (Phi) is 4.53. The molecule has 1 aliphatic carbocycles. The molecule has 0 aromatic heterocycles. The minimum atomic E-state index is -0.0718. The second-order valence-electron chi connectivity index (χ2n) is 3.74. The Bertz CT molecular complexity index is 190. The van der Waals surface area contributed by atoms with Crippen LogP contribution in [-0.4, -0.2) is 36.2 Å². The molecule has 1 saturated carbocycles. The van der Waals surface area contributed by atoms with Gasteiger partial charge in [-0.1, -0.05) is 23.2 Å². The van der Waals surface area contributed by atoms with Crippen molar-refractivity contribution in [2.24, 2.45) is 5.92 Å². The summed E-state index contributed by atoms with van der Waals surface area (Å²) in [4.78, 5) is 2.12. The zero-order valence-corrected chi connectivity index (χ0v) is 9.22. The molecule has 0 spiro atoms. The van der Waals surface area contributed by atoms with Crippen molar-refractivity contribution in [3.8, 4) is 0 Å². The molecule has 2 nitrogen and oxygen atoms in total. The minimum absolute atomic E-state index is 0.0718. The molecule has 0 atom stereocenters. The molecule has 76 valence electrons. The molecule has 1 aliphatic rings. The summed E-state index contributed by atoms with van der Waals surface area (Å²) in [6, 6.07) is 0. The van der Waals surface area contributed by atoms with Gasteiger partial charge in [-0.05, 0) is 25.8 Å². The van der Waals surface area contributed by atoms with Crippen LogP contribution in [0.1, 0.15) is 12.8 Å². The van der Waals surface area contributed by atoms with E-state index in [4.69, 9.17) is 28.3 Å². The van der Waals surface area contributed by atoms with Crippen LogP contribution in [-0.2, 0) is 0 Å². The molecule has 0 aliphatic heterocycles. The maximum absolute atomic E-state index is 9.08. The average molecular weight is 224 g/mol. The van der Waals surface area contributed by atoms with E-state index in [9.17, 15) is 0 Å². The van der Waals surface area contributed by atoms with Gasteiger partial charge in [0.25, 0.3) is 0 Å². The van der Waals surface area contributed by atoms with Crippen molar-refractivity contribution in [2.45, 2.75) is 18.9 Å². The van der Waals surface area contributed by atoms with Crippen molar-refractivity contribution in [3.63, 3.8) is 0 Å². The third kappa shape index (κ3) is 3.86. The van der Waals surface area contributed by atoms with Crippen LogP contribution in [0.5, 0.6) is 0 Å². The summed E-state index contributed by atoms with van der Waals surface area (Å²) in [6.45, 7) is 1.68. The zero-order chi connectivity index (χ0) is 9.84. The Morgan fingerprint density at radius 2 is 2.23 bits per heavy atom. The SMILES string of the molecule is CN(CC(Cl)=CCl)CC1CC(O)C1. The highest BCUT2D eigenvalue weighted by molar-refractivity contribution is 6.36. The smallest absolute Gasteiger partial charge is 0.0546 e. The van der Waals surface area contributed by atoms with Gasteiger partial charge in [0.1, 0.15) is 0 Å². The second-order valence-corrected chi connectivity index (χ2v) is 4.45. The van der Waals surface area contributed by atoms with Crippen LogP contribution >= 0.6 is 23.2 Å². The normalized spacial score (nSPS) is 29.2. The fourth-order valence-electron chi connectivity index (χ4n) is 1.65. The Morgan fingerprint density at radius 1 is 1.62 bits per heavy atom. The molecular formula is C9H15Cl2NO. The molecule has 0 aromatic rings. The van der Waals surface area contributed by atoms with Gasteiger partial charge in [-0.2, -0.15) is 0 Å². The molecular weight excluding hydrogens is 209 g/mol. The first-order valence-electron chi connectivity index (χ1n) is 4.43. The van der Waals surface area contributed by atoms with Gasteiger partial charge in [0.15, 0.2) is 0 Å². The van der Waals surface area contributed by atoms with E-state index in [1.54, 1.807) is 0 Å². The first-order valence-corrected chi connectivity index (χ1v) is 5.24. The average Bonchev–Trinajstić information content (AvgIpc) is 2.01. The van der Waals surface area contributed by atoms with Crippen molar-refractivity contribution in [3.05, 3.63) is 10.6 Å². The summed E-state index contributed by atoms with van der Waals surface area (Å²) in [5, 5.41) is 9.74. The number of hydrogen-bond acceptors (Lipinski definition) is 2. The summed E-state index contributed by atoms with van der Waals surface area (Å²) < 4.78 is 0. The molecule has 0 amide bonds. The molecule has 0 heterocycles. The molecule has 4 heteroatoms. The molecule has 0 saturated heterocycles.